The summed E-state index contributed by atoms with van der Waals surface area (Å²) in [6.45, 7) is 0. The number of nitrogens with one attached hydrogen (secondary N) is 1. The van der Waals surface area contributed by atoms with Crippen molar-refractivity contribution in [2.75, 3.05) is 0 Å². The number of carbonyl (C=O) groups is 1. The highest BCUT2D eigenvalue weighted by Gasteiger charge is 2.44. The highest BCUT2D eigenvalue weighted by molar-refractivity contribution is 7.20. The maximum Gasteiger partial charge on any atom is 0.221 e. The van der Waals surface area contributed by atoms with Crippen LogP contribution < -0.4 is 5.32 Å². The fourth-order valence-electron chi connectivity index (χ4n) is 1.70. The molecule has 3 nitrogen and oxygen atoms in total. The second kappa shape index (κ2) is 5.48. The molecule has 1 aromatic heterocycles. The average Bonchev–Trinajstić information content (AvgIpc) is 3.00. The molecule has 1 aliphatic rings. The minimum atomic E-state index is -0.569. The Kier molecular flexibility index (Phi) is 4.16. The first kappa shape index (κ1) is 13.7. The van der Waals surface area contributed by atoms with Gasteiger partial charge in [-0.15, -0.1) is 11.3 Å². The van der Waals surface area contributed by atoms with Gasteiger partial charge in [-0.1, -0.05) is 23.2 Å². The summed E-state index contributed by atoms with van der Waals surface area (Å²) in [4.78, 5) is 11.6. The second-order valence-electron chi connectivity index (χ2n) is 4.45. The Labute approximate surface area is 120 Å². The molecule has 1 amide bonds. The molecule has 1 saturated carbocycles. The lowest BCUT2D eigenvalue weighted by atomic mass is 10.1. The SMILES string of the molecule is N#CC1(NC(=O)CCCc2cc(Cl)sc2Cl)CC1. The van der Waals surface area contributed by atoms with Crippen LogP contribution in [0.15, 0.2) is 6.07 Å². The third-order valence-corrected chi connectivity index (χ3v) is 4.49. The molecule has 1 fully saturated rings. The standard InChI is InChI=1S/C12H12Cl2N2OS/c13-9-6-8(11(14)18-9)2-1-3-10(17)16-12(7-15)4-5-12/h6H,1-5H2,(H,16,17). The van der Waals surface area contributed by atoms with Crippen molar-refractivity contribution in [2.45, 2.75) is 37.6 Å². The van der Waals surface area contributed by atoms with E-state index in [4.69, 9.17) is 28.5 Å². The Morgan fingerprint density at radius 1 is 1.56 bits per heavy atom. The molecule has 0 saturated heterocycles. The van der Waals surface area contributed by atoms with Gasteiger partial charge in [0.25, 0.3) is 0 Å². The first-order valence-electron chi connectivity index (χ1n) is 5.71. The van der Waals surface area contributed by atoms with Crippen LogP contribution in [0, 0.1) is 11.3 Å². The van der Waals surface area contributed by atoms with Crippen molar-refractivity contribution in [2.24, 2.45) is 0 Å². The van der Waals surface area contributed by atoms with Crippen molar-refractivity contribution in [3.05, 3.63) is 20.3 Å². The Morgan fingerprint density at radius 3 is 2.78 bits per heavy atom. The Bertz CT molecular complexity index is 503. The molecule has 0 radical (unpaired) electrons. The summed E-state index contributed by atoms with van der Waals surface area (Å²) < 4.78 is 1.36. The maximum atomic E-state index is 11.6. The summed E-state index contributed by atoms with van der Waals surface area (Å²) in [5.74, 6) is -0.0634. The third kappa shape index (κ3) is 3.38. The van der Waals surface area contributed by atoms with E-state index in [1.165, 1.54) is 11.3 Å². The zero-order valence-electron chi connectivity index (χ0n) is 9.63. The van der Waals surface area contributed by atoms with E-state index < -0.39 is 5.54 Å². The predicted octanol–water partition coefficient (Wildman–Crippen LogP) is 3.55. The molecule has 96 valence electrons. The summed E-state index contributed by atoms with van der Waals surface area (Å²) >= 11 is 13.2. The van der Waals surface area contributed by atoms with Crippen molar-refractivity contribution in [3.63, 3.8) is 0 Å². The zero-order valence-corrected chi connectivity index (χ0v) is 12.0. The van der Waals surface area contributed by atoms with E-state index in [1.54, 1.807) is 0 Å². The lowest BCUT2D eigenvalue weighted by Gasteiger charge is -2.08. The van der Waals surface area contributed by atoms with Gasteiger partial charge in [0.15, 0.2) is 0 Å². The van der Waals surface area contributed by atoms with Gasteiger partial charge in [0.2, 0.25) is 5.91 Å². The van der Waals surface area contributed by atoms with Gasteiger partial charge in [0.05, 0.1) is 14.7 Å². The number of rotatable bonds is 5. The molecule has 0 aromatic carbocycles. The molecule has 1 N–H and O–H groups in total. The lowest BCUT2D eigenvalue weighted by Crippen LogP contribution is -2.35. The summed E-state index contributed by atoms with van der Waals surface area (Å²) in [6, 6.07) is 3.97. The van der Waals surface area contributed by atoms with Gasteiger partial charge in [0, 0.05) is 6.42 Å². The van der Waals surface area contributed by atoms with Gasteiger partial charge in [-0.25, -0.2) is 0 Å². The summed E-state index contributed by atoms with van der Waals surface area (Å²) in [5, 5.41) is 11.6. The third-order valence-electron chi connectivity index (χ3n) is 2.92. The molecular weight excluding hydrogens is 291 g/mol. The molecule has 2 rings (SSSR count). The maximum absolute atomic E-state index is 11.6. The van der Waals surface area contributed by atoms with Crippen molar-refractivity contribution >= 4 is 40.4 Å². The fourth-order valence-corrected chi connectivity index (χ4v) is 3.25. The minimum absolute atomic E-state index is 0.0634. The van der Waals surface area contributed by atoms with Gasteiger partial charge in [-0.05, 0) is 37.3 Å². The number of amides is 1. The molecule has 1 aliphatic carbocycles. The highest BCUT2D eigenvalue weighted by atomic mass is 35.5. The van der Waals surface area contributed by atoms with E-state index in [9.17, 15) is 4.79 Å². The quantitative estimate of drug-likeness (QED) is 0.904. The number of hydrogen-bond acceptors (Lipinski definition) is 3. The first-order valence-corrected chi connectivity index (χ1v) is 7.28. The largest absolute Gasteiger partial charge is 0.338 e. The van der Waals surface area contributed by atoms with Crippen LogP contribution in [0.2, 0.25) is 8.67 Å². The van der Waals surface area contributed by atoms with Crippen LogP contribution in [0.25, 0.3) is 0 Å². The molecule has 0 atom stereocenters. The van der Waals surface area contributed by atoms with E-state index in [2.05, 4.69) is 11.4 Å². The van der Waals surface area contributed by atoms with Crippen LogP contribution in [0.5, 0.6) is 0 Å². The summed E-state index contributed by atoms with van der Waals surface area (Å²) in [6.07, 6.45) is 3.38. The Balaban J connectivity index is 1.74. The molecule has 1 aromatic rings. The number of aryl methyl sites for hydroxylation is 1. The zero-order chi connectivity index (χ0) is 13.2. The minimum Gasteiger partial charge on any atom is -0.338 e. The molecule has 6 heteroatoms. The summed E-state index contributed by atoms with van der Waals surface area (Å²) in [5.41, 5.74) is 0.418. The highest BCUT2D eigenvalue weighted by Crippen LogP contribution is 2.34. The number of nitrogens with zero attached hydrogens (tertiary/aromatic N) is 1. The van der Waals surface area contributed by atoms with Crippen LogP contribution in [-0.4, -0.2) is 11.4 Å². The van der Waals surface area contributed by atoms with E-state index in [1.807, 2.05) is 6.07 Å². The van der Waals surface area contributed by atoms with Gasteiger partial charge in [-0.3, -0.25) is 4.79 Å². The molecule has 0 spiro atoms. The lowest BCUT2D eigenvalue weighted by molar-refractivity contribution is -0.121. The molecule has 0 bridgehead atoms. The molecule has 0 aliphatic heterocycles. The number of carbonyl (C=O) groups excluding carboxylic acids is 1. The van der Waals surface area contributed by atoms with Crippen LogP contribution in [0.4, 0.5) is 0 Å². The second-order valence-corrected chi connectivity index (χ2v) is 6.73. The van der Waals surface area contributed by atoms with Crippen LogP contribution in [-0.2, 0) is 11.2 Å². The van der Waals surface area contributed by atoms with Crippen LogP contribution in [0.1, 0.15) is 31.2 Å². The topological polar surface area (TPSA) is 52.9 Å². The number of hydrogen-bond donors (Lipinski definition) is 1. The predicted molar refractivity (Wildman–Crippen MR) is 73.0 cm³/mol. The normalized spacial score (nSPS) is 16.1. The Hall–Kier alpha value is -0.760. The van der Waals surface area contributed by atoms with Gasteiger partial charge >= 0.3 is 0 Å². The average molecular weight is 303 g/mol. The number of nitriles is 1. The van der Waals surface area contributed by atoms with E-state index in [0.29, 0.717) is 21.5 Å². The Morgan fingerprint density at radius 2 is 2.28 bits per heavy atom. The molecular formula is C12H12Cl2N2OS. The van der Waals surface area contributed by atoms with E-state index >= 15 is 0 Å². The summed E-state index contributed by atoms with van der Waals surface area (Å²) in [7, 11) is 0. The molecule has 18 heavy (non-hydrogen) atoms. The number of halogens is 2. The fraction of sp³-hybridized carbons (Fsp3) is 0.500. The van der Waals surface area contributed by atoms with Crippen molar-refractivity contribution in [1.82, 2.24) is 5.32 Å². The van der Waals surface area contributed by atoms with Gasteiger partial charge in [-0.2, -0.15) is 5.26 Å². The monoisotopic (exact) mass is 302 g/mol. The van der Waals surface area contributed by atoms with E-state index in [0.717, 1.165) is 24.8 Å². The van der Waals surface area contributed by atoms with Gasteiger partial charge < -0.3 is 5.32 Å². The van der Waals surface area contributed by atoms with Gasteiger partial charge in [0.1, 0.15) is 5.54 Å². The van der Waals surface area contributed by atoms with Crippen molar-refractivity contribution in [1.29, 1.82) is 5.26 Å². The first-order chi connectivity index (χ1) is 8.54. The van der Waals surface area contributed by atoms with Crippen molar-refractivity contribution < 1.29 is 4.79 Å². The van der Waals surface area contributed by atoms with Crippen LogP contribution in [0.3, 0.4) is 0 Å². The molecule has 0 unspecified atom stereocenters. The number of thiophene rings is 1. The van der Waals surface area contributed by atoms with Crippen LogP contribution >= 0.6 is 34.5 Å². The smallest absolute Gasteiger partial charge is 0.221 e. The van der Waals surface area contributed by atoms with Crippen molar-refractivity contribution in [3.8, 4) is 6.07 Å². The van der Waals surface area contributed by atoms with E-state index in [-0.39, 0.29) is 5.91 Å². The molecule has 1 heterocycles.